The van der Waals surface area contributed by atoms with Gasteiger partial charge >= 0.3 is 6.09 Å². The Labute approximate surface area is 102 Å². The van der Waals surface area contributed by atoms with Crippen molar-refractivity contribution in [3.05, 3.63) is 22.4 Å². The summed E-state index contributed by atoms with van der Waals surface area (Å²) >= 11 is 1.44. The van der Waals surface area contributed by atoms with Crippen LogP contribution < -0.4 is 5.32 Å². The first-order chi connectivity index (χ1) is 8.00. The van der Waals surface area contributed by atoms with Crippen molar-refractivity contribution < 1.29 is 19.5 Å². The van der Waals surface area contributed by atoms with Crippen molar-refractivity contribution in [1.82, 2.24) is 5.32 Å². The standard InChI is InChI=1S/C11H13NO4S/c1-7(13)9(6-12-11(15)16)10(14)5-8-3-2-4-17-8/h2-4,9,12H,5-6H2,1H3,(H,15,16). The summed E-state index contributed by atoms with van der Waals surface area (Å²) < 4.78 is 0. The SMILES string of the molecule is CC(=O)C(CNC(=O)O)C(=O)Cc1cccs1. The maximum Gasteiger partial charge on any atom is 0.404 e. The van der Waals surface area contributed by atoms with Crippen molar-refractivity contribution in [2.75, 3.05) is 6.54 Å². The van der Waals surface area contributed by atoms with Crippen LogP contribution in [-0.4, -0.2) is 29.3 Å². The highest BCUT2D eigenvalue weighted by Crippen LogP contribution is 2.12. The maximum absolute atomic E-state index is 11.8. The molecule has 1 heterocycles. The van der Waals surface area contributed by atoms with Crippen molar-refractivity contribution >= 4 is 29.0 Å². The molecule has 0 saturated carbocycles. The number of hydrogen-bond acceptors (Lipinski definition) is 4. The summed E-state index contributed by atoms with van der Waals surface area (Å²) in [4.78, 5) is 34.3. The number of nitrogens with one attached hydrogen (secondary N) is 1. The molecule has 2 N–H and O–H groups in total. The molecule has 0 aliphatic rings. The Balaban J connectivity index is 2.60. The molecule has 0 saturated heterocycles. The molecule has 0 radical (unpaired) electrons. The van der Waals surface area contributed by atoms with Gasteiger partial charge in [-0.1, -0.05) is 6.07 Å². The molecular weight excluding hydrogens is 242 g/mol. The zero-order valence-corrected chi connectivity index (χ0v) is 10.1. The quantitative estimate of drug-likeness (QED) is 0.751. The average Bonchev–Trinajstić information content (AvgIpc) is 2.69. The van der Waals surface area contributed by atoms with Gasteiger partial charge in [-0.3, -0.25) is 9.59 Å². The third-order valence-corrected chi connectivity index (χ3v) is 3.14. The van der Waals surface area contributed by atoms with E-state index in [1.54, 1.807) is 0 Å². The normalized spacial score (nSPS) is 11.8. The second kappa shape index (κ2) is 6.15. The van der Waals surface area contributed by atoms with Crippen molar-refractivity contribution in [3.63, 3.8) is 0 Å². The van der Waals surface area contributed by atoms with Crippen LogP contribution in [0.3, 0.4) is 0 Å². The lowest BCUT2D eigenvalue weighted by Crippen LogP contribution is -2.36. The second-order valence-corrected chi connectivity index (χ2v) is 4.60. The zero-order chi connectivity index (χ0) is 12.8. The number of carbonyl (C=O) groups excluding carboxylic acids is 2. The van der Waals surface area contributed by atoms with E-state index in [1.807, 2.05) is 17.5 Å². The molecule has 0 fully saturated rings. The van der Waals surface area contributed by atoms with Crippen LogP contribution >= 0.6 is 11.3 Å². The van der Waals surface area contributed by atoms with Gasteiger partial charge in [-0.15, -0.1) is 11.3 Å². The molecule has 1 unspecified atom stereocenters. The van der Waals surface area contributed by atoms with Gasteiger partial charge in [0.05, 0.1) is 5.92 Å². The highest BCUT2D eigenvalue weighted by atomic mass is 32.1. The number of ketones is 2. The maximum atomic E-state index is 11.8. The fourth-order valence-corrected chi connectivity index (χ4v) is 2.10. The Morgan fingerprint density at radius 2 is 2.18 bits per heavy atom. The predicted molar refractivity (Wildman–Crippen MR) is 63.2 cm³/mol. The van der Waals surface area contributed by atoms with E-state index in [4.69, 9.17) is 5.11 Å². The van der Waals surface area contributed by atoms with Crippen LogP contribution in [0.4, 0.5) is 4.79 Å². The summed E-state index contributed by atoms with van der Waals surface area (Å²) in [6, 6.07) is 3.63. The second-order valence-electron chi connectivity index (χ2n) is 3.57. The highest BCUT2D eigenvalue weighted by Gasteiger charge is 2.23. The van der Waals surface area contributed by atoms with Crippen LogP contribution in [0.5, 0.6) is 0 Å². The van der Waals surface area contributed by atoms with Crippen LogP contribution in [0.1, 0.15) is 11.8 Å². The monoisotopic (exact) mass is 255 g/mol. The van der Waals surface area contributed by atoms with E-state index < -0.39 is 12.0 Å². The minimum atomic E-state index is -1.24. The Morgan fingerprint density at radius 1 is 1.47 bits per heavy atom. The smallest absolute Gasteiger partial charge is 0.404 e. The fourth-order valence-electron chi connectivity index (χ4n) is 1.38. The molecule has 92 valence electrons. The first kappa shape index (κ1) is 13.4. The molecular formula is C11H13NO4S. The molecule has 5 nitrogen and oxygen atoms in total. The summed E-state index contributed by atoms with van der Waals surface area (Å²) in [5, 5.41) is 12.4. The molecule has 0 bridgehead atoms. The summed E-state index contributed by atoms with van der Waals surface area (Å²) in [6.45, 7) is 1.13. The van der Waals surface area contributed by atoms with Crippen LogP contribution in [-0.2, 0) is 16.0 Å². The highest BCUT2D eigenvalue weighted by molar-refractivity contribution is 7.10. The van der Waals surface area contributed by atoms with E-state index in [1.165, 1.54) is 18.3 Å². The zero-order valence-electron chi connectivity index (χ0n) is 9.30. The van der Waals surface area contributed by atoms with Crippen molar-refractivity contribution in [2.24, 2.45) is 5.92 Å². The van der Waals surface area contributed by atoms with Crippen LogP contribution in [0.25, 0.3) is 0 Å². The molecule has 0 aliphatic carbocycles. The first-order valence-corrected chi connectivity index (χ1v) is 5.91. The van der Waals surface area contributed by atoms with E-state index >= 15 is 0 Å². The van der Waals surface area contributed by atoms with Crippen molar-refractivity contribution in [2.45, 2.75) is 13.3 Å². The summed E-state index contributed by atoms with van der Waals surface area (Å²) in [5.41, 5.74) is 0. The molecule has 0 aliphatic heterocycles. The van der Waals surface area contributed by atoms with Crippen molar-refractivity contribution in [1.29, 1.82) is 0 Å². The molecule has 1 aromatic rings. The molecule has 1 rings (SSSR count). The number of carbonyl (C=O) groups is 3. The average molecular weight is 255 g/mol. The van der Waals surface area contributed by atoms with E-state index in [9.17, 15) is 14.4 Å². The predicted octanol–water partition coefficient (Wildman–Crippen LogP) is 1.33. The molecule has 1 aromatic heterocycles. The number of hydrogen-bond donors (Lipinski definition) is 2. The Hall–Kier alpha value is -1.69. The Morgan fingerprint density at radius 3 is 2.65 bits per heavy atom. The first-order valence-electron chi connectivity index (χ1n) is 5.03. The largest absolute Gasteiger partial charge is 0.465 e. The molecule has 0 spiro atoms. The van der Waals surface area contributed by atoms with Gasteiger partial charge in [-0.25, -0.2) is 4.79 Å². The van der Waals surface area contributed by atoms with Gasteiger partial charge in [0.15, 0.2) is 0 Å². The lowest BCUT2D eigenvalue weighted by molar-refractivity contribution is -0.130. The number of thiophene rings is 1. The number of carboxylic acid groups (broad SMARTS) is 1. The van der Waals surface area contributed by atoms with E-state index in [0.717, 1.165) is 4.88 Å². The third kappa shape index (κ3) is 4.36. The number of Topliss-reactive ketones (excluding diaryl/α,β-unsaturated/α-hetero) is 2. The molecule has 17 heavy (non-hydrogen) atoms. The third-order valence-electron chi connectivity index (χ3n) is 2.27. The fraction of sp³-hybridized carbons (Fsp3) is 0.364. The summed E-state index contributed by atoms with van der Waals surface area (Å²) in [7, 11) is 0. The van der Waals surface area contributed by atoms with Gasteiger partial charge < -0.3 is 10.4 Å². The Kier molecular flexibility index (Phi) is 4.84. The van der Waals surface area contributed by atoms with Gasteiger partial charge in [-0.05, 0) is 18.4 Å². The van der Waals surface area contributed by atoms with E-state index in [-0.39, 0.29) is 24.5 Å². The van der Waals surface area contributed by atoms with Gasteiger partial charge in [0.2, 0.25) is 0 Å². The lowest BCUT2D eigenvalue weighted by atomic mass is 9.97. The number of rotatable bonds is 6. The summed E-state index contributed by atoms with van der Waals surface area (Å²) in [5.74, 6) is -1.47. The minimum Gasteiger partial charge on any atom is -0.465 e. The van der Waals surface area contributed by atoms with Crippen LogP contribution in [0.2, 0.25) is 0 Å². The minimum absolute atomic E-state index is 0.158. The Bertz CT molecular complexity index is 413. The van der Waals surface area contributed by atoms with E-state index in [2.05, 4.69) is 5.32 Å². The van der Waals surface area contributed by atoms with Crippen molar-refractivity contribution in [3.8, 4) is 0 Å². The molecule has 1 amide bonds. The van der Waals surface area contributed by atoms with Gasteiger partial charge in [0.25, 0.3) is 0 Å². The van der Waals surface area contributed by atoms with Gasteiger partial charge in [-0.2, -0.15) is 0 Å². The van der Waals surface area contributed by atoms with Gasteiger partial charge in [0, 0.05) is 17.8 Å². The number of amides is 1. The van der Waals surface area contributed by atoms with Crippen LogP contribution in [0.15, 0.2) is 17.5 Å². The topological polar surface area (TPSA) is 83.5 Å². The molecule has 0 aromatic carbocycles. The van der Waals surface area contributed by atoms with Crippen LogP contribution in [0, 0.1) is 5.92 Å². The van der Waals surface area contributed by atoms with E-state index in [0.29, 0.717) is 0 Å². The summed E-state index contributed by atoms with van der Waals surface area (Å²) in [6.07, 6.45) is -1.07. The molecule has 1 atom stereocenters. The molecule has 6 heteroatoms. The van der Waals surface area contributed by atoms with Gasteiger partial charge in [0.1, 0.15) is 11.6 Å². The lowest BCUT2D eigenvalue weighted by Gasteiger charge is -2.11.